The lowest BCUT2D eigenvalue weighted by Crippen LogP contribution is -2.01. The maximum Gasteiger partial charge on any atom is 0.348 e. The van der Waals surface area contributed by atoms with E-state index >= 15 is 0 Å². The van der Waals surface area contributed by atoms with E-state index in [1.807, 2.05) is 19.2 Å². The highest BCUT2D eigenvalue weighted by molar-refractivity contribution is 7.21. The Morgan fingerprint density at radius 1 is 1.40 bits per heavy atom. The second-order valence-electron chi connectivity index (χ2n) is 4.35. The predicted octanol–water partition coefficient (Wildman–Crippen LogP) is 2.97. The van der Waals surface area contributed by atoms with Crippen LogP contribution >= 0.6 is 11.3 Å². The molecule has 0 aliphatic heterocycles. The summed E-state index contributed by atoms with van der Waals surface area (Å²) in [7, 11) is 3.50. The molecule has 0 aliphatic carbocycles. The summed E-state index contributed by atoms with van der Waals surface area (Å²) in [5, 5.41) is 6.25. The van der Waals surface area contributed by atoms with Crippen LogP contribution in [0.5, 0.6) is 5.75 Å². The average molecular weight is 290 g/mol. The van der Waals surface area contributed by atoms with Gasteiger partial charge in [-0.15, -0.1) is 11.3 Å². The molecule has 0 unspecified atom stereocenters. The number of aromatic nitrogens is 2. The molecule has 20 heavy (non-hydrogen) atoms. The number of carbonyl (C=O) groups is 1. The SMILES string of the molecule is CCOC(=O)c1cc2c(cc(OC)c3c2cnn3C)s1. The lowest BCUT2D eigenvalue weighted by Gasteiger charge is -2.04. The van der Waals surface area contributed by atoms with Crippen molar-refractivity contribution >= 4 is 38.3 Å². The molecule has 2 heterocycles. The molecule has 3 aromatic rings. The van der Waals surface area contributed by atoms with E-state index in [4.69, 9.17) is 9.47 Å². The highest BCUT2D eigenvalue weighted by Gasteiger charge is 2.17. The van der Waals surface area contributed by atoms with Gasteiger partial charge in [0.2, 0.25) is 0 Å². The van der Waals surface area contributed by atoms with Gasteiger partial charge in [0.05, 0.1) is 19.9 Å². The lowest BCUT2D eigenvalue weighted by atomic mass is 10.1. The largest absolute Gasteiger partial charge is 0.494 e. The molecule has 2 aromatic heterocycles. The van der Waals surface area contributed by atoms with Crippen molar-refractivity contribution in [2.45, 2.75) is 6.92 Å². The van der Waals surface area contributed by atoms with Crippen LogP contribution in [0.2, 0.25) is 0 Å². The Bertz CT molecular complexity index is 804. The van der Waals surface area contributed by atoms with Crippen molar-refractivity contribution in [1.82, 2.24) is 9.78 Å². The van der Waals surface area contributed by atoms with Gasteiger partial charge in [-0.1, -0.05) is 0 Å². The quantitative estimate of drug-likeness (QED) is 0.696. The van der Waals surface area contributed by atoms with E-state index in [1.165, 1.54) is 11.3 Å². The lowest BCUT2D eigenvalue weighted by molar-refractivity contribution is 0.0532. The Balaban J connectivity index is 2.28. The van der Waals surface area contributed by atoms with Crippen molar-refractivity contribution in [2.75, 3.05) is 13.7 Å². The molecular formula is C14H14N2O3S. The van der Waals surface area contributed by atoms with Gasteiger partial charge in [-0.05, 0) is 13.0 Å². The first-order valence-corrected chi connectivity index (χ1v) is 7.06. The number of fused-ring (bicyclic) bond motifs is 3. The molecule has 0 aliphatic rings. The molecule has 3 rings (SSSR count). The molecule has 0 amide bonds. The van der Waals surface area contributed by atoms with Gasteiger partial charge in [0, 0.05) is 28.6 Å². The third kappa shape index (κ3) is 1.84. The highest BCUT2D eigenvalue weighted by Crippen LogP contribution is 2.37. The number of carbonyl (C=O) groups excluding carboxylic acids is 1. The van der Waals surface area contributed by atoms with Crippen LogP contribution in [0.3, 0.4) is 0 Å². The fourth-order valence-corrected chi connectivity index (χ4v) is 3.30. The molecule has 1 aromatic carbocycles. The zero-order chi connectivity index (χ0) is 14.3. The van der Waals surface area contributed by atoms with E-state index in [0.29, 0.717) is 11.5 Å². The number of benzene rings is 1. The van der Waals surface area contributed by atoms with Crippen molar-refractivity contribution in [3.8, 4) is 5.75 Å². The van der Waals surface area contributed by atoms with Crippen LogP contribution in [0.4, 0.5) is 0 Å². The molecule has 0 spiro atoms. The van der Waals surface area contributed by atoms with Crippen LogP contribution in [0.25, 0.3) is 21.0 Å². The molecule has 6 heteroatoms. The van der Waals surface area contributed by atoms with Gasteiger partial charge >= 0.3 is 5.97 Å². The van der Waals surface area contributed by atoms with E-state index < -0.39 is 0 Å². The Morgan fingerprint density at radius 2 is 2.20 bits per heavy atom. The predicted molar refractivity (Wildman–Crippen MR) is 78.6 cm³/mol. The second kappa shape index (κ2) is 4.79. The molecule has 104 valence electrons. The van der Waals surface area contributed by atoms with Gasteiger partial charge in [0.15, 0.2) is 0 Å². The fraction of sp³-hybridized carbons (Fsp3) is 0.286. The number of ether oxygens (including phenoxy) is 2. The van der Waals surface area contributed by atoms with Gasteiger partial charge in [-0.3, -0.25) is 4.68 Å². The van der Waals surface area contributed by atoms with E-state index in [1.54, 1.807) is 24.9 Å². The number of esters is 1. The van der Waals surface area contributed by atoms with Crippen LogP contribution in [0.1, 0.15) is 16.6 Å². The van der Waals surface area contributed by atoms with E-state index in [-0.39, 0.29) is 5.97 Å². The van der Waals surface area contributed by atoms with Crippen LogP contribution < -0.4 is 4.74 Å². The number of aryl methyl sites for hydroxylation is 1. The minimum Gasteiger partial charge on any atom is -0.494 e. The topological polar surface area (TPSA) is 53.4 Å². The number of hydrogen-bond donors (Lipinski definition) is 0. The maximum atomic E-state index is 11.8. The van der Waals surface area contributed by atoms with Gasteiger partial charge in [0.1, 0.15) is 16.1 Å². The Labute approximate surface area is 119 Å². The second-order valence-corrected chi connectivity index (χ2v) is 5.44. The summed E-state index contributed by atoms with van der Waals surface area (Å²) in [6, 6.07) is 3.80. The summed E-state index contributed by atoms with van der Waals surface area (Å²) in [5.41, 5.74) is 0.924. The van der Waals surface area contributed by atoms with E-state index in [2.05, 4.69) is 5.10 Å². The monoisotopic (exact) mass is 290 g/mol. The average Bonchev–Trinajstić information content (AvgIpc) is 3.02. The first-order valence-electron chi connectivity index (χ1n) is 6.25. The molecule has 0 saturated carbocycles. The van der Waals surface area contributed by atoms with Crippen molar-refractivity contribution < 1.29 is 14.3 Å². The minimum atomic E-state index is -0.287. The number of nitrogens with zero attached hydrogens (tertiary/aromatic N) is 2. The van der Waals surface area contributed by atoms with Gasteiger partial charge in [0.25, 0.3) is 0 Å². The Hall–Kier alpha value is -2.08. The van der Waals surface area contributed by atoms with E-state index in [0.717, 1.165) is 26.7 Å². The highest BCUT2D eigenvalue weighted by atomic mass is 32.1. The van der Waals surface area contributed by atoms with Crippen molar-refractivity contribution in [3.05, 3.63) is 23.2 Å². The van der Waals surface area contributed by atoms with Crippen molar-refractivity contribution in [3.63, 3.8) is 0 Å². The Morgan fingerprint density at radius 3 is 2.90 bits per heavy atom. The van der Waals surface area contributed by atoms with Crippen LogP contribution in [0, 0.1) is 0 Å². The molecular weight excluding hydrogens is 276 g/mol. The third-order valence-corrected chi connectivity index (χ3v) is 4.24. The van der Waals surface area contributed by atoms with Crippen molar-refractivity contribution in [1.29, 1.82) is 0 Å². The third-order valence-electron chi connectivity index (χ3n) is 3.18. The fourth-order valence-electron chi connectivity index (χ4n) is 2.30. The van der Waals surface area contributed by atoms with Gasteiger partial charge in [-0.2, -0.15) is 5.10 Å². The summed E-state index contributed by atoms with van der Waals surface area (Å²) in [5.74, 6) is 0.467. The van der Waals surface area contributed by atoms with Crippen molar-refractivity contribution in [2.24, 2.45) is 7.05 Å². The Kier molecular flexibility index (Phi) is 3.10. The minimum absolute atomic E-state index is 0.287. The summed E-state index contributed by atoms with van der Waals surface area (Å²) in [6.45, 7) is 2.17. The van der Waals surface area contributed by atoms with Gasteiger partial charge < -0.3 is 9.47 Å². The summed E-state index contributed by atoms with van der Waals surface area (Å²) in [4.78, 5) is 12.4. The number of hydrogen-bond acceptors (Lipinski definition) is 5. The number of rotatable bonds is 3. The molecule has 0 atom stereocenters. The van der Waals surface area contributed by atoms with E-state index in [9.17, 15) is 4.79 Å². The molecule has 0 saturated heterocycles. The molecule has 5 nitrogen and oxygen atoms in total. The summed E-state index contributed by atoms with van der Waals surface area (Å²) >= 11 is 1.41. The zero-order valence-electron chi connectivity index (χ0n) is 11.5. The smallest absolute Gasteiger partial charge is 0.348 e. The normalized spacial score (nSPS) is 11.2. The van der Waals surface area contributed by atoms with Gasteiger partial charge in [-0.25, -0.2) is 4.79 Å². The van der Waals surface area contributed by atoms with Crippen LogP contribution in [0.15, 0.2) is 18.3 Å². The molecule has 0 fully saturated rings. The standard InChI is InChI=1S/C14H14N2O3S/c1-4-19-14(17)12-5-8-9-7-15-16(2)13(9)10(18-3)6-11(8)20-12/h5-7H,4H2,1-3H3. The van der Waals surface area contributed by atoms with Crippen LogP contribution in [-0.2, 0) is 11.8 Å². The number of methoxy groups -OCH3 is 1. The molecule has 0 N–H and O–H groups in total. The molecule has 0 radical (unpaired) electrons. The summed E-state index contributed by atoms with van der Waals surface area (Å²) < 4.78 is 13.2. The molecule has 0 bridgehead atoms. The van der Waals surface area contributed by atoms with Crippen LogP contribution in [-0.4, -0.2) is 29.5 Å². The zero-order valence-corrected chi connectivity index (χ0v) is 12.3. The first kappa shape index (κ1) is 12.9. The number of thiophene rings is 1. The summed E-state index contributed by atoms with van der Waals surface area (Å²) in [6.07, 6.45) is 1.79. The first-order chi connectivity index (χ1) is 9.65. The maximum absolute atomic E-state index is 11.8.